The molecule has 0 unspecified atom stereocenters. The first kappa shape index (κ1) is 13.7. The molecule has 0 aliphatic carbocycles. The first-order valence-electron chi connectivity index (χ1n) is 6.54. The van der Waals surface area contributed by atoms with E-state index < -0.39 is 0 Å². The summed E-state index contributed by atoms with van der Waals surface area (Å²) in [5.74, 6) is 2.26. The molecule has 0 saturated carbocycles. The number of aromatic nitrogens is 4. The van der Waals surface area contributed by atoms with Crippen LogP contribution in [-0.2, 0) is 13.1 Å². The monoisotopic (exact) mass is 259 g/mol. The minimum atomic E-state index is 0.373. The van der Waals surface area contributed by atoms with Gasteiger partial charge in [-0.3, -0.25) is 4.90 Å². The van der Waals surface area contributed by atoms with Crippen LogP contribution < -0.4 is 0 Å². The smallest absolute Gasteiger partial charge is 0.130 e. The van der Waals surface area contributed by atoms with Crippen LogP contribution >= 0.6 is 0 Å². The predicted octanol–water partition coefficient (Wildman–Crippen LogP) is 2.26. The molecule has 5 heteroatoms. The van der Waals surface area contributed by atoms with Gasteiger partial charge in [0, 0.05) is 42.3 Å². The predicted molar refractivity (Wildman–Crippen MR) is 74.6 cm³/mol. The second-order valence-corrected chi connectivity index (χ2v) is 5.29. The van der Waals surface area contributed by atoms with Crippen molar-refractivity contribution in [1.82, 2.24) is 24.8 Å². The van der Waals surface area contributed by atoms with Crippen molar-refractivity contribution in [2.45, 2.75) is 39.8 Å². The summed E-state index contributed by atoms with van der Waals surface area (Å²) in [5.41, 5.74) is 2.21. The normalized spacial score (nSPS) is 11.5. The van der Waals surface area contributed by atoms with Gasteiger partial charge in [-0.2, -0.15) is 0 Å². The maximum absolute atomic E-state index is 4.38. The van der Waals surface area contributed by atoms with Crippen molar-refractivity contribution in [1.29, 1.82) is 0 Å². The van der Waals surface area contributed by atoms with Crippen LogP contribution in [0.3, 0.4) is 0 Å². The Balaban J connectivity index is 1.93. The van der Waals surface area contributed by atoms with Gasteiger partial charge in [0.05, 0.1) is 6.54 Å². The standard InChI is InChI=1S/C14H21N5/c1-10(2)14-16-6-12(7-17-14)8-19(4)9-13-15-5-11(3)18-13/h5-7,10H,8-9H2,1-4H3,(H,15,18). The van der Waals surface area contributed by atoms with Crippen LogP contribution in [-0.4, -0.2) is 31.9 Å². The van der Waals surface area contributed by atoms with Crippen molar-refractivity contribution in [2.75, 3.05) is 7.05 Å². The van der Waals surface area contributed by atoms with E-state index in [-0.39, 0.29) is 0 Å². The van der Waals surface area contributed by atoms with Crippen molar-refractivity contribution in [3.8, 4) is 0 Å². The zero-order chi connectivity index (χ0) is 13.8. The summed E-state index contributed by atoms with van der Waals surface area (Å²) < 4.78 is 0. The van der Waals surface area contributed by atoms with Gasteiger partial charge in [0.25, 0.3) is 0 Å². The largest absolute Gasteiger partial charge is 0.345 e. The lowest BCUT2D eigenvalue weighted by Gasteiger charge is -2.15. The summed E-state index contributed by atoms with van der Waals surface area (Å²) in [6, 6.07) is 0. The molecule has 0 radical (unpaired) electrons. The SMILES string of the molecule is Cc1cnc(CN(C)Cc2cnc(C(C)C)nc2)[nH]1. The van der Waals surface area contributed by atoms with Crippen LogP contribution in [0, 0.1) is 6.92 Å². The molecule has 0 aliphatic heterocycles. The molecule has 0 fully saturated rings. The molecule has 2 aromatic rings. The van der Waals surface area contributed by atoms with Gasteiger partial charge in [0.1, 0.15) is 11.6 Å². The number of hydrogen-bond donors (Lipinski definition) is 1. The van der Waals surface area contributed by atoms with Gasteiger partial charge in [-0.15, -0.1) is 0 Å². The van der Waals surface area contributed by atoms with Crippen molar-refractivity contribution in [3.63, 3.8) is 0 Å². The van der Waals surface area contributed by atoms with Crippen LogP contribution in [0.5, 0.6) is 0 Å². The third kappa shape index (κ3) is 3.86. The number of aromatic amines is 1. The van der Waals surface area contributed by atoms with Crippen LogP contribution in [0.1, 0.15) is 42.7 Å². The number of H-pyrrole nitrogens is 1. The molecule has 2 aromatic heterocycles. The van der Waals surface area contributed by atoms with Crippen molar-refractivity contribution >= 4 is 0 Å². The average molecular weight is 259 g/mol. The van der Waals surface area contributed by atoms with Gasteiger partial charge in [-0.25, -0.2) is 15.0 Å². The number of imidazole rings is 1. The fourth-order valence-corrected chi connectivity index (χ4v) is 1.92. The van der Waals surface area contributed by atoms with Gasteiger partial charge >= 0.3 is 0 Å². The Morgan fingerprint density at radius 2 is 1.79 bits per heavy atom. The quantitative estimate of drug-likeness (QED) is 0.895. The van der Waals surface area contributed by atoms with Crippen LogP contribution in [0.2, 0.25) is 0 Å². The Morgan fingerprint density at radius 3 is 2.32 bits per heavy atom. The number of hydrogen-bond acceptors (Lipinski definition) is 4. The summed E-state index contributed by atoms with van der Waals surface area (Å²) in [6.45, 7) is 7.81. The van der Waals surface area contributed by atoms with Crippen molar-refractivity contribution in [2.24, 2.45) is 0 Å². The van der Waals surface area contributed by atoms with E-state index in [1.54, 1.807) is 0 Å². The average Bonchev–Trinajstić information content (AvgIpc) is 2.75. The third-order valence-corrected chi connectivity index (χ3v) is 2.87. The van der Waals surface area contributed by atoms with Gasteiger partial charge < -0.3 is 4.98 Å². The molecule has 2 rings (SSSR count). The van der Waals surface area contributed by atoms with Gasteiger partial charge in [-0.05, 0) is 14.0 Å². The highest BCUT2D eigenvalue weighted by Crippen LogP contribution is 2.09. The number of aryl methyl sites for hydroxylation is 1. The second-order valence-electron chi connectivity index (χ2n) is 5.29. The highest BCUT2D eigenvalue weighted by molar-refractivity contribution is 5.07. The molecule has 5 nitrogen and oxygen atoms in total. The van der Waals surface area contributed by atoms with Crippen molar-refractivity contribution in [3.05, 3.63) is 41.5 Å². The number of rotatable bonds is 5. The summed E-state index contributed by atoms with van der Waals surface area (Å²) in [7, 11) is 2.06. The fourth-order valence-electron chi connectivity index (χ4n) is 1.92. The van der Waals surface area contributed by atoms with Gasteiger partial charge in [0.15, 0.2) is 0 Å². The summed E-state index contributed by atoms with van der Waals surface area (Å²) in [5, 5.41) is 0. The van der Waals surface area contributed by atoms with E-state index in [9.17, 15) is 0 Å². The topological polar surface area (TPSA) is 57.7 Å². The molecule has 0 amide bonds. The lowest BCUT2D eigenvalue weighted by molar-refractivity contribution is 0.310. The number of nitrogens with zero attached hydrogens (tertiary/aromatic N) is 4. The van der Waals surface area contributed by atoms with E-state index in [0.717, 1.165) is 36.0 Å². The maximum Gasteiger partial charge on any atom is 0.130 e. The number of nitrogens with one attached hydrogen (secondary N) is 1. The molecule has 0 spiro atoms. The van der Waals surface area contributed by atoms with E-state index in [2.05, 4.69) is 45.7 Å². The molecule has 0 aliphatic rings. The zero-order valence-electron chi connectivity index (χ0n) is 12.0. The molecule has 0 bridgehead atoms. The first-order valence-corrected chi connectivity index (χ1v) is 6.54. The minimum absolute atomic E-state index is 0.373. The van der Waals surface area contributed by atoms with Crippen LogP contribution in [0.25, 0.3) is 0 Å². The summed E-state index contributed by atoms with van der Waals surface area (Å²) in [6.07, 6.45) is 5.67. The Kier molecular flexibility index (Phi) is 4.27. The Bertz CT molecular complexity index is 515. The Hall–Kier alpha value is -1.75. The van der Waals surface area contributed by atoms with E-state index >= 15 is 0 Å². The van der Waals surface area contributed by atoms with E-state index in [0.29, 0.717) is 5.92 Å². The van der Waals surface area contributed by atoms with E-state index in [1.807, 2.05) is 25.5 Å². The van der Waals surface area contributed by atoms with Gasteiger partial charge in [0.2, 0.25) is 0 Å². The summed E-state index contributed by atoms with van der Waals surface area (Å²) >= 11 is 0. The lowest BCUT2D eigenvalue weighted by Crippen LogP contribution is -2.18. The third-order valence-electron chi connectivity index (χ3n) is 2.87. The highest BCUT2D eigenvalue weighted by Gasteiger charge is 2.06. The minimum Gasteiger partial charge on any atom is -0.345 e. The van der Waals surface area contributed by atoms with Gasteiger partial charge in [-0.1, -0.05) is 13.8 Å². The van der Waals surface area contributed by atoms with Crippen molar-refractivity contribution < 1.29 is 0 Å². The fraction of sp³-hybridized carbons (Fsp3) is 0.500. The molecule has 0 saturated heterocycles. The molecular formula is C14H21N5. The molecule has 1 N–H and O–H groups in total. The molecule has 19 heavy (non-hydrogen) atoms. The van der Waals surface area contributed by atoms with Crippen LogP contribution in [0.15, 0.2) is 18.6 Å². The molecule has 102 valence electrons. The zero-order valence-corrected chi connectivity index (χ0v) is 12.0. The Labute approximate surface area is 114 Å². The van der Waals surface area contributed by atoms with E-state index in [4.69, 9.17) is 0 Å². The first-order chi connectivity index (χ1) is 9.04. The lowest BCUT2D eigenvalue weighted by atomic mass is 10.2. The van der Waals surface area contributed by atoms with Crippen LogP contribution in [0.4, 0.5) is 0 Å². The molecular weight excluding hydrogens is 238 g/mol. The molecule has 0 aromatic carbocycles. The summed E-state index contributed by atoms with van der Waals surface area (Å²) in [4.78, 5) is 18.5. The maximum atomic E-state index is 4.38. The van der Waals surface area contributed by atoms with E-state index in [1.165, 1.54) is 0 Å². The Morgan fingerprint density at radius 1 is 1.11 bits per heavy atom. The second kappa shape index (κ2) is 5.93. The highest BCUT2D eigenvalue weighted by atomic mass is 15.1. The molecule has 2 heterocycles. The molecule has 0 atom stereocenters.